The van der Waals surface area contributed by atoms with Gasteiger partial charge in [-0.3, -0.25) is 9.59 Å². The number of benzene rings is 2. The van der Waals surface area contributed by atoms with Crippen molar-refractivity contribution in [3.05, 3.63) is 107 Å². The number of hydrogen-bond donors (Lipinski definition) is 2. The zero-order valence-electron chi connectivity index (χ0n) is 16.5. The Morgan fingerprint density at radius 3 is 2.48 bits per heavy atom. The van der Waals surface area contributed by atoms with E-state index in [2.05, 4.69) is 10.5 Å². The van der Waals surface area contributed by atoms with Gasteiger partial charge in [-0.05, 0) is 61.0 Å². The fraction of sp³-hybridized carbons (Fsp3) is 0.0417. The number of aromatic hydroxyl groups is 1. The molecule has 0 saturated heterocycles. The van der Waals surface area contributed by atoms with Crippen LogP contribution in [0.1, 0.15) is 37.5 Å². The summed E-state index contributed by atoms with van der Waals surface area (Å²) in [5, 5.41) is 13.8. The molecule has 0 unspecified atom stereocenters. The van der Waals surface area contributed by atoms with Gasteiger partial charge in [0.25, 0.3) is 5.91 Å². The number of phenolic OH excluding ortho intramolecular Hbond substituents is 1. The molecule has 4 rings (SSSR count). The van der Waals surface area contributed by atoms with Crippen molar-refractivity contribution in [3.8, 4) is 5.75 Å². The second-order valence-corrected chi connectivity index (χ2v) is 6.90. The lowest BCUT2D eigenvalue weighted by molar-refractivity contribution is 0.0951. The van der Waals surface area contributed by atoms with E-state index in [1.54, 1.807) is 35.7 Å². The summed E-state index contributed by atoms with van der Waals surface area (Å²) < 4.78 is 15.0. The number of ketones is 1. The molecular formula is C24H18FN3O3. The van der Waals surface area contributed by atoms with Crippen LogP contribution < -0.4 is 5.43 Å². The van der Waals surface area contributed by atoms with Gasteiger partial charge in [0.1, 0.15) is 11.6 Å². The third kappa shape index (κ3) is 3.81. The molecule has 2 aromatic carbocycles. The highest BCUT2D eigenvalue weighted by molar-refractivity contribution is 6.12. The highest BCUT2D eigenvalue weighted by Crippen LogP contribution is 2.24. The van der Waals surface area contributed by atoms with Crippen LogP contribution in [0.4, 0.5) is 4.39 Å². The van der Waals surface area contributed by atoms with E-state index in [9.17, 15) is 19.1 Å². The molecule has 2 N–H and O–H groups in total. The number of hydrogen-bond acceptors (Lipinski definition) is 4. The summed E-state index contributed by atoms with van der Waals surface area (Å²) >= 11 is 0. The molecule has 1 amide bonds. The zero-order valence-corrected chi connectivity index (χ0v) is 16.5. The third-order valence-corrected chi connectivity index (χ3v) is 4.97. The Morgan fingerprint density at radius 1 is 1.03 bits per heavy atom. The quantitative estimate of drug-likeness (QED) is 0.293. The van der Waals surface area contributed by atoms with Crippen molar-refractivity contribution in [1.29, 1.82) is 0 Å². The molecule has 2 heterocycles. The van der Waals surface area contributed by atoms with Crippen LogP contribution in [-0.4, -0.2) is 27.4 Å². The van der Waals surface area contributed by atoms with Crippen LogP contribution in [0.2, 0.25) is 0 Å². The van der Waals surface area contributed by atoms with Gasteiger partial charge in [0, 0.05) is 17.3 Å². The van der Waals surface area contributed by atoms with E-state index in [1.807, 2.05) is 12.1 Å². The first kappa shape index (κ1) is 20.0. The molecule has 0 spiro atoms. The Hall–Kier alpha value is -4.26. The molecule has 0 aliphatic carbocycles. The molecule has 31 heavy (non-hydrogen) atoms. The number of phenols is 1. The number of rotatable bonds is 5. The molecular weight excluding hydrogens is 397 g/mol. The molecule has 6 nitrogen and oxygen atoms in total. The summed E-state index contributed by atoms with van der Waals surface area (Å²) in [6.45, 7) is 1.79. The smallest absolute Gasteiger partial charge is 0.275 e. The number of aromatic nitrogens is 1. The van der Waals surface area contributed by atoms with Crippen LogP contribution in [-0.2, 0) is 0 Å². The van der Waals surface area contributed by atoms with Crippen LogP contribution in [0.5, 0.6) is 5.75 Å². The lowest BCUT2D eigenvalue weighted by Gasteiger charge is -2.04. The van der Waals surface area contributed by atoms with Gasteiger partial charge in [-0.1, -0.05) is 18.2 Å². The largest absolute Gasteiger partial charge is 0.507 e. The summed E-state index contributed by atoms with van der Waals surface area (Å²) in [4.78, 5) is 25.4. The number of halogens is 1. The Morgan fingerprint density at radius 2 is 1.74 bits per heavy atom. The second kappa shape index (κ2) is 8.23. The molecule has 0 radical (unpaired) electrons. The Labute approximate surface area is 177 Å². The van der Waals surface area contributed by atoms with Gasteiger partial charge in [0.15, 0.2) is 0 Å². The number of para-hydroxylation sites is 1. The van der Waals surface area contributed by atoms with Crippen molar-refractivity contribution in [1.82, 2.24) is 9.83 Å². The van der Waals surface area contributed by atoms with Crippen LogP contribution in [0.3, 0.4) is 0 Å². The van der Waals surface area contributed by atoms with E-state index in [4.69, 9.17) is 0 Å². The van der Waals surface area contributed by atoms with Gasteiger partial charge in [0.05, 0.1) is 23.0 Å². The number of amides is 1. The molecule has 4 aromatic rings. The van der Waals surface area contributed by atoms with Crippen LogP contribution >= 0.6 is 0 Å². The Bertz CT molecular complexity index is 1320. The summed E-state index contributed by atoms with van der Waals surface area (Å²) in [7, 11) is 0. The van der Waals surface area contributed by atoms with Gasteiger partial charge in [0.2, 0.25) is 5.78 Å². The number of carbonyl (C=O) groups is 2. The van der Waals surface area contributed by atoms with Gasteiger partial charge in [-0.2, -0.15) is 5.10 Å². The number of carbonyl (C=O) groups excluding carboxylic acids is 2. The summed E-state index contributed by atoms with van der Waals surface area (Å²) in [6.07, 6.45) is 3.22. The van der Waals surface area contributed by atoms with Gasteiger partial charge in [-0.15, -0.1) is 0 Å². The molecule has 0 atom stereocenters. The molecule has 0 bridgehead atoms. The van der Waals surface area contributed by atoms with E-state index in [-0.39, 0.29) is 17.1 Å². The summed E-state index contributed by atoms with van der Waals surface area (Å²) in [5.41, 5.74) is 5.34. The second-order valence-electron chi connectivity index (χ2n) is 6.90. The lowest BCUT2D eigenvalue weighted by atomic mass is 10.0. The van der Waals surface area contributed by atoms with Crippen LogP contribution in [0, 0.1) is 12.7 Å². The SMILES string of the molecule is Cc1c(/C=N/NC(=O)c2ccccc2O)c2ccccn2c1C(=O)c1ccc(F)cc1. The van der Waals surface area contributed by atoms with Crippen molar-refractivity contribution in [2.24, 2.45) is 5.10 Å². The fourth-order valence-electron chi connectivity index (χ4n) is 3.42. The van der Waals surface area contributed by atoms with E-state index in [1.165, 1.54) is 42.6 Å². The van der Waals surface area contributed by atoms with Crippen molar-refractivity contribution in [2.75, 3.05) is 0 Å². The maximum absolute atomic E-state index is 13.3. The number of fused-ring (bicyclic) bond motifs is 1. The van der Waals surface area contributed by atoms with E-state index >= 15 is 0 Å². The number of nitrogens with one attached hydrogen (secondary N) is 1. The summed E-state index contributed by atoms with van der Waals surface area (Å²) in [6, 6.07) is 17.0. The number of pyridine rings is 1. The topological polar surface area (TPSA) is 83.2 Å². The lowest BCUT2D eigenvalue weighted by Crippen LogP contribution is -2.17. The highest BCUT2D eigenvalue weighted by atomic mass is 19.1. The standard InChI is InChI=1S/C24H18FN3O3/c1-15-19(14-26-27-24(31)18-6-2-3-8-21(18)29)20-7-4-5-13-28(20)22(15)23(30)16-9-11-17(25)12-10-16/h2-14,29H,1H3,(H,27,31)/b26-14+. The zero-order chi connectivity index (χ0) is 22.0. The van der Waals surface area contributed by atoms with Crippen LogP contribution in [0.25, 0.3) is 5.52 Å². The van der Waals surface area contributed by atoms with E-state index < -0.39 is 11.7 Å². The normalized spacial score (nSPS) is 11.2. The predicted octanol–water partition coefficient (Wildman–Crippen LogP) is 4.09. The Kier molecular flexibility index (Phi) is 5.32. The van der Waals surface area contributed by atoms with Crippen molar-refractivity contribution in [2.45, 2.75) is 6.92 Å². The highest BCUT2D eigenvalue weighted by Gasteiger charge is 2.21. The fourth-order valence-corrected chi connectivity index (χ4v) is 3.42. The molecule has 0 saturated carbocycles. The first-order valence-corrected chi connectivity index (χ1v) is 9.48. The monoisotopic (exact) mass is 415 g/mol. The van der Waals surface area contributed by atoms with Crippen molar-refractivity contribution < 1.29 is 19.1 Å². The minimum absolute atomic E-state index is 0.102. The average molecular weight is 415 g/mol. The van der Waals surface area contributed by atoms with E-state index in [0.717, 1.165) is 5.52 Å². The van der Waals surface area contributed by atoms with Crippen LogP contribution in [0.15, 0.2) is 78.0 Å². The molecule has 154 valence electrons. The molecule has 7 heteroatoms. The van der Waals surface area contributed by atoms with Crippen molar-refractivity contribution in [3.63, 3.8) is 0 Å². The minimum Gasteiger partial charge on any atom is -0.507 e. The first-order valence-electron chi connectivity index (χ1n) is 9.48. The Balaban J connectivity index is 1.69. The van der Waals surface area contributed by atoms with Gasteiger partial charge >= 0.3 is 0 Å². The maximum Gasteiger partial charge on any atom is 0.275 e. The first-order chi connectivity index (χ1) is 15.0. The molecule has 0 aliphatic rings. The minimum atomic E-state index is -0.557. The van der Waals surface area contributed by atoms with E-state index in [0.29, 0.717) is 22.4 Å². The molecule has 2 aromatic heterocycles. The molecule has 0 fully saturated rings. The number of nitrogens with zero attached hydrogens (tertiary/aromatic N) is 2. The molecule has 0 aliphatic heterocycles. The summed E-state index contributed by atoms with van der Waals surface area (Å²) in [5.74, 6) is -1.37. The predicted molar refractivity (Wildman–Crippen MR) is 115 cm³/mol. The van der Waals surface area contributed by atoms with Crippen molar-refractivity contribution >= 4 is 23.4 Å². The van der Waals surface area contributed by atoms with Gasteiger partial charge < -0.3 is 9.51 Å². The third-order valence-electron chi connectivity index (χ3n) is 4.97. The maximum atomic E-state index is 13.3. The average Bonchev–Trinajstić information content (AvgIpc) is 3.05. The van der Waals surface area contributed by atoms with Gasteiger partial charge in [-0.25, -0.2) is 9.82 Å². The number of hydrazone groups is 1.